The van der Waals surface area contributed by atoms with E-state index in [2.05, 4.69) is 10.3 Å². The van der Waals surface area contributed by atoms with Gasteiger partial charge in [0.05, 0.1) is 20.8 Å². The molecule has 33 heavy (non-hydrogen) atoms. The summed E-state index contributed by atoms with van der Waals surface area (Å²) in [5.41, 5.74) is 1.98. The molecule has 0 radical (unpaired) electrons. The van der Waals surface area contributed by atoms with Crippen molar-refractivity contribution in [2.24, 2.45) is 4.99 Å². The molecular formula is C24H27N3O5S. The zero-order chi connectivity index (χ0) is 23.8. The number of hydrogen-bond donors (Lipinski definition) is 1. The first-order valence-electron chi connectivity index (χ1n) is 10.3. The van der Waals surface area contributed by atoms with Crippen LogP contribution >= 0.6 is 11.3 Å². The molecule has 0 fully saturated rings. The number of thiazole rings is 1. The monoisotopic (exact) mass is 469 g/mol. The molecule has 1 aromatic heterocycles. The van der Waals surface area contributed by atoms with Crippen molar-refractivity contribution in [3.8, 4) is 11.5 Å². The van der Waals surface area contributed by atoms with E-state index in [1.54, 1.807) is 44.6 Å². The lowest BCUT2D eigenvalue weighted by Gasteiger charge is -2.08. The average Bonchev–Trinajstić information content (AvgIpc) is 3.17. The van der Waals surface area contributed by atoms with Crippen LogP contribution in [-0.2, 0) is 11.3 Å². The van der Waals surface area contributed by atoms with E-state index in [4.69, 9.17) is 14.2 Å². The normalized spacial score (nSPS) is 11.3. The maximum absolute atomic E-state index is 12.8. The summed E-state index contributed by atoms with van der Waals surface area (Å²) in [7, 11) is 4.66. The number of carbonyl (C=O) groups excluding carboxylic acids is 2. The van der Waals surface area contributed by atoms with Gasteiger partial charge in [-0.3, -0.25) is 9.59 Å². The van der Waals surface area contributed by atoms with Crippen molar-refractivity contribution in [2.75, 3.05) is 34.5 Å². The zero-order valence-electron chi connectivity index (χ0n) is 19.1. The van der Waals surface area contributed by atoms with Gasteiger partial charge in [0.2, 0.25) is 0 Å². The smallest absolute Gasteiger partial charge is 0.279 e. The second kappa shape index (κ2) is 11.4. The highest BCUT2D eigenvalue weighted by Crippen LogP contribution is 2.27. The van der Waals surface area contributed by atoms with Crippen LogP contribution in [0.5, 0.6) is 11.5 Å². The van der Waals surface area contributed by atoms with Gasteiger partial charge in [-0.15, -0.1) is 11.3 Å². The molecule has 0 aliphatic carbocycles. The molecule has 174 valence electrons. The Labute approximate surface area is 196 Å². The van der Waals surface area contributed by atoms with Crippen molar-refractivity contribution in [1.82, 2.24) is 9.88 Å². The van der Waals surface area contributed by atoms with Gasteiger partial charge in [0.25, 0.3) is 11.8 Å². The largest absolute Gasteiger partial charge is 0.493 e. The van der Waals surface area contributed by atoms with E-state index in [-0.39, 0.29) is 11.8 Å². The van der Waals surface area contributed by atoms with Crippen molar-refractivity contribution in [1.29, 1.82) is 0 Å². The van der Waals surface area contributed by atoms with Gasteiger partial charge in [-0.1, -0.05) is 12.1 Å². The van der Waals surface area contributed by atoms with Crippen LogP contribution in [0.1, 0.15) is 31.2 Å². The van der Waals surface area contributed by atoms with Crippen LogP contribution in [-0.4, -0.2) is 50.9 Å². The van der Waals surface area contributed by atoms with Crippen LogP contribution in [0.3, 0.4) is 0 Å². The van der Waals surface area contributed by atoms with Crippen LogP contribution in [0.25, 0.3) is 0 Å². The first-order valence-corrected chi connectivity index (χ1v) is 11.1. The summed E-state index contributed by atoms with van der Waals surface area (Å²) >= 11 is 1.44. The van der Waals surface area contributed by atoms with Crippen LogP contribution in [0.15, 0.2) is 53.7 Å². The third-order valence-corrected chi connectivity index (χ3v) is 5.76. The Kier molecular flexibility index (Phi) is 8.39. The maximum Gasteiger partial charge on any atom is 0.279 e. The fraction of sp³-hybridized carbons (Fsp3) is 0.292. The molecule has 2 aromatic carbocycles. The van der Waals surface area contributed by atoms with Gasteiger partial charge in [0, 0.05) is 42.4 Å². The Morgan fingerprint density at radius 2 is 1.70 bits per heavy atom. The van der Waals surface area contributed by atoms with Gasteiger partial charge < -0.3 is 24.1 Å². The Morgan fingerprint density at radius 3 is 2.36 bits per heavy atom. The summed E-state index contributed by atoms with van der Waals surface area (Å²) in [4.78, 5) is 30.9. The predicted molar refractivity (Wildman–Crippen MR) is 126 cm³/mol. The number of carbonyl (C=O) groups is 2. The topological polar surface area (TPSA) is 91.2 Å². The molecule has 0 atom stereocenters. The first-order chi connectivity index (χ1) is 15.9. The van der Waals surface area contributed by atoms with E-state index in [1.807, 2.05) is 29.8 Å². The van der Waals surface area contributed by atoms with Crippen LogP contribution in [0.4, 0.5) is 0 Å². The zero-order valence-corrected chi connectivity index (χ0v) is 19.9. The molecule has 0 bridgehead atoms. The van der Waals surface area contributed by atoms with Crippen LogP contribution < -0.4 is 19.6 Å². The summed E-state index contributed by atoms with van der Waals surface area (Å²) in [5.74, 6) is 0.510. The lowest BCUT2D eigenvalue weighted by Crippen LogP contribution is -2.26. The number of hydrogen-bond acceptors (Lipinski definition) is 6. The lowest BCUT2D eigenvalue weighted by atomic mass is 10.1. The van der Waals surface area contributed by atoms with Gasteiger partial charge in [0.15, 0.2) is 16.3 Å². The Morgan fingerprint density at radius 1 is 1.00 bits per heavy atom. The second-order valence-electron chi connectivity index (χ2n) is 7.18. The van der Waals surface area contributed by atoms with Gasteiger partial charge in [-0.25, -0.2) is 0 Å². The molecule has 1 heterocycles. The lowest BCUT2D eigenvalue weighted by molar-refractivity contribution is 0.0936. The third-order valence-electron chi connectivity index (χ3n) is 4.82. The molecule has 0 saturated carbocycles. The Balaban J connectivity index is 1.78. The highest BCUT2D eigenvalue weighted by atomic mass is 32.1. The van der Waals surface area contributed by atoms with E-state index in [1.165, 1.54) is 18.4 Å². The molecule has 8 nitrogen and oxygen atoms in total. The molecule has 2 amide bonds. The molecule has 1 N–H and O–H groups in total. The summed E-state index contributed by atoms with van der Waals surface area (Å²) in [5, 5.41) is 2.80. The molecule has 0 spiro atoms. The van der Waals surface area contributed by atoms with Gasteiger partial charge in [0.1, 0.15) is 0 Å². The average molecular weight is 470 g/mol. The van der Waals surface area contributed by atoms with Crippen molar-refractivity contribution in [3.05, 3.63) is 75.0 Å². The van der Waals surface area contributed by atoms with Gasteiger partial charge in [-0.2, -0.15) is 4.99 Å². The number of rotatable bonds is 9. The first kappa shape index (κ1) is 24.2. The fourth-order valence-corrected chi connectivity index (χ4v) is 3.98. The number of aromatic nitrogens is 1. The maximum atomic E-state index is 12.8. The number of methoxy groups -OCH3 is 3. The molecule has 9 heteroatoms. The van der Waals surface area contributed by atoms with Crippen molar-refractivity contribution >= 4 is 23.2 Å². The minimum Gasteiger partial charge on any atom is -0.493 e. The highest BCUT2D eigenvalue weighted by molar-refractivity contribution is 7.09. The molecule has 0 unspecified atom stereocenters. The fourth-order valence-electron chi connectivity index (χ4n) is 3.15. The summed E-state index contributed by atoms with van der Waals surface area (Å²) in [6, 6.07) is 12.3. The number of ether oxygens (including phenoxy) is 3. The van der Waals surface area contributed by atoms with E-state index >= 15 is 0 Å². The summed E-state index contributed by atoms with van der Waals surface area (Å²) < 4.78 is 17.4. The summed E-state index contributed by atoms with van der Waals surface area (Å²) in [6.07, 6.45) is 1.96. The quantitative estimate of drug-likeness (QED) is 0.487. The SMILES string of the molecule is COCCNC(=O)c1ccc(Cn2cc(C)sc2=NC(=O)c2ccc(OC)c(OC)c2)cc1. The van der Waals surface area contributed by atoms with Crippen LogP contribution in [0, 0.1) is 6.92 Å². The van der Waals surface area contributed by atoms with Crippen molar-refractivity contribution < 1.29 is 23.8 Å². The van der Waals surface area contributed by atoms with E-state index in [9.17, 15) is 9.59 Å². The number of nitrogens with one attached hydrogen (secondary N) is 1. The molecule has 0 aliphatic rings. The minimum absolute atomic E-state index is 0.145. The van der Waals surface area contributed by atoms with Crippen LogP contribution in [0.2, 0.25) is 0 Å². The molecule has 3 aromatic rings. The Bertz CT molecular complexity index is 1180. The molecule has 3 rings (SSSR count). The Hall–Kier alpha value is -3.43. The van der Waals surface area contributed by atoms with E-state index in [0.29, 0.717) is 47.1 Å². The van der Waals surface area contributed by atoms with E-state index in [0.717, 1.165) is 10.4 Å². The second-order valence-corrected chi connectivity index (χ2v) is 8.40. The van der Waals surface area contributed by atoms with Crippen molar-refractivity contribution in [3.63, 3.8) is 0 Å². The van der Waals surface area contributed by atoms with Crippen molar-refractivity contribution in [2.45, 2.75) is 13.5 Å². The predicted octanol–water partition coefficient (Wildman–Crippen LogP) is 3.04. The number of amides is 2. The third kappa shape index (κ3) is 6.30. The molecule has 0 saturated heterocycles. The number of benzene rings is 2. The summed E-state index contributed by atoms with van der Waals surface area (Å²) in [6.45, 7) is 3.41. The number of aryl methyl sites for hydroxylation is 1. The standard InChI is InChI=1S/C24H27N3O5S/c1-16-14-27(15-17-5-7-18(8-6-17)22(28)25-11-12-30-2)24(33-16)26-23(29)19-9-10-20(31-3)21(13-19)32-4/h5-10,13-14H,11-12,15H2,1-4H3,(H,25,28). The highest BCUT2D eigenvalue weighted by Gasteiger charge is 2.11. The molecule has 0 aliphatic heterocycles. The van der Waals surface area contributed by atoms with Gasteiger partial charge >= 0.3 is 0 Å². The minimum atomic E-state index is -0.366. The van der Waals surface area contributed by atoms with Gasteiger partial charge in [-0.05, 0) is 42.8 Å². The van der Waals surface area contributed by atoms with E-state index < -0.39 is 0 Å². The molecular weight excluding hydrogens is 442 g/mol. The number of nitrogens with zero attached hydrogens (tertiary/aromatic N) is 2.